The number of ether oxygens (including phenoxy) is 1. The highest BCUT2D eigenvalue weighted by molar-refractivity contribution is 7.09. The summed E-state index contributed by atoms with van der Waals surface area (Å²) in [5.41, 5.74) is 3.46. The number of thiazole rings is 1. The van der Waals surface area contributed by atoms with Crippen LogP contribution in [0.1, 0.15) is 203 Å². The molecule has 0 spiro atoms. The first-order chi connectivity index (χ1) is 38.1. The zero-order valence-corrected chi connectivity index (χ0v) is 47.0. The summed E-state index contributed by atoms with van der Waals surface area (Å²) in [6, 6.07) is 26.3. The molecule has 420 valence electrons. The summed E-state index contributed by atoms with van der Waals surface area (Å²) in [4.78, 5) is 87.8. The van der Waals surface area contributed by atoms with Gasteiger partial charge in [-0.2, -0.15) is 5.26 Å². The molecule has 3 N–H and O–H groups in total. The van der Waals surface area contributed by atoms with Crippen molar-refractivity contribution in [3.63, 3.8) is 0 Å². The highest BCUT2D eigenvalue weighted by Gasteiger charge is 2.32. The number of nitrogens with zero attached hydrogens (tertiary/aromatic N) is 4. The molecule has 0 radical (unpaired) electrons. The maximum Gasteiger partial charge on any atom is 0.329 e. The van der Waals surface area contributed by atoms with E-state index < -0.39 is 36.7 Å². The lowest BCUT2D eigenvalue weighted by molar-refractivity contribution is -0.209. The van der Waals surface area contributed by atoms with E-state index in [4.69, 9.17) is 14.4 Å². The Kier molecular flexibility index (Phi) is 29.7. The van der Waals surface area contributed by atoms with Crippen molar-refractivity contribution >= 4 is 41.1 Å². The quantitative estimate of drug-likeness (QED) is 0.0191. The molecule has 15 nitrogen and oxygen atoms in total. The molecule has 2 amide bonds. The van der Waals surface area contributed by atoms with Gasteiger partial charge in [0.05, 0.1) is 56.6 Å². The van der Waals surface area contributed by atoms with Gasteiger partial charge in [-0.25, -0.2) is 4.98 Å². The minimum absolute atomic E-state index is 0.0351. The number of carbonyl (C=O) groups is 5. The topological polar surface area (TPSA) is 196 Å². The molecule has 3 aromatic carbocycles. The van der Waals surface area contributed by atoms with E-state index in [9.17, 15) is 29.2 Å². The van der Waals surface area contributed by atoms with Crippen LogP contribution in [0.4, 0.5) is 0 Å². The van der Waals surface area contributed by atoms with Gasteiger partial charge >= 0.3 is 17.9 Å². The SMILES string of the molecule is CCCCCCCCCCCCNC(=O)c1cccc(CN(Cc2nccs2)OC(=O)CC(CC(=O)Oc2ccc[nH]2)C(=O)ON(Cc2ccc(C#N)cc2)Cc2cccc(C(=O)NCCCCCCCCCCCC)c2)c1. The molecular formula is C62H83N7O8S. The predicted octanol–water partition coefficient (Wildman–Crippen LogP) is 13.3. The van der Waals surface area contributed by atoms with Crippen molar-refractivity contribution in [3.8, 4) is 11.9 Å². The van der Waals surface area contributed by atoms with Crippen molar-refractivity contribution in [1.29, 1.82) is 5.26 Å². The van der Waals surface area contributed by atoms with Gasteiger partial charge in [-0.3, -0.25) is 24.0 Å². The van der Waals surface area contributed by atoms with Crippen molar-refractivity contribution in [2.45, 2.75) is 181 Å². The average Bonchev–Trinajstić information content (AvgIpc) is 4.17. The molecule has 2 aromatic heterocycles. The number of unbranched alkanes of at least 4 members (excludes halogenated alkanes) is 18. The van der Waals surface area contributed by atoms with Gasteiger partial charge in [0, 0.05) is 48.1 Å². The fourth-order valence-electron chi connectivity index (χ4n) is 9.04. The molecule has 1 atom stereocenters. The molecular weight excluding hydrogens is 1000 g/mol. The highest BCUT2D eigenvalue weighted by Crippen LogP contribution is 2.22. The Bertz CT molecular complexity index is 2550. The zero-order chi connectivity index (χ0) is 55.4. The number of H-pyrrole nitrogens is 1. The summed E-state index contributed by atoms with van der Waals surface area (Å²) in [7, 11) is 0. The molecule has 0 saturated carbocycles. The number of hydrogen-bond acceptors (Lipinski definition) is 13. The molecule has 2 heterocycles. The van der Waals surface area contributed by atoms with Crippen LogP contribution in [-0.2, 0) is 50.2 Å². The molecule has 16 heteroatoms. The summed E-state index contributed by atoms with van der Waals surface area (Å²) < 4.78 is 5.48. The number of aromatic amines is 1. The first-order valence-corrected chi connectivity index (χ1v) is 29.4. The number of rotatable bonds is 40. The number of nitrogens with one attached hydrogen (secondary N) is 3. The second-order valence-electron chi connectivity index (χ2n) is 20.1. The molecule has 5 aromatic rings. The van der Waals surface area contributed by atoms with E-state index in [1.807, 2.05) is 17.5 Å². The second kappa shape index (κ2) is 37.2. The molecule has 0 saturated heterocycles. The van der Waals surface area contributed by atoms with Crippen molar-refractivity contribution in [3.05, 3.63) is 141 Å². The van der Waals surface area contributed by atoms with Gasteiger partial charge < -0.3 is 30.0 Å². The summed E-state index contributed by atoms with van der Waals surface area (Å²) in [6.07, 6.45) is 26.2. The molecule has 0 aliphatic carbocycles. The number of nitriles is 1. The Hall–Kier alpha value is -6.67. The number of hydrogen-bond donors (Lipinski definition) is 3. The molecule has 0 aliphatic heterocycles. The first-order valence-electron chi connectivity index (χ1n) is 28.5. The van der Waals surface area contributed by atoms with Gasteiger partial charge in [0.15, 0.2) is 0 Å². The van der Waals surface area contributed by atoms with Gasteiger partial charge in [0.2, 0.25) is 5.88 Å². The average molecular weight is 1090 g/mol. The van der Waals surface area contributed by atoms with Crippen LogP contribution in [0.3, 0.4) is 0 Å². The second-order valence-corrected chi connectivity index (χ2v) is 21.1. The Balaban J connectivity index is 1.24. The van der Waals surface area contributed by atoms with Crippen molar-refractivity contribution in [2.75, 3.05) is 13.1 Å². The molecule has 0 fully saturated rings. The van der Waals surface area contributed by atoms with Gasteiger partial charge in [0.1, 0.15) is 5.01 Å². The van der Waals surface area contributed by atoms with Gasteiger partial charge in [0.25, 0.3) is 11.8 Å². The van der Waals surface area contributed by atoms with E-state index in [1.165, 1.54) is 111 Å². The number of hydroxylamine groups is 4. The first kappa shape index (κ1) is 62.2. The normalized spacial score (nSPS) is 11.5. The maximum absolute atomic E-state index is 14.4. The number of aromatic nitrogens is 2. The lowest BCUT2D eigenvalue weighted by Crippen LogP contribution is -2.34. The third kappa shape index (κ3) is 25.2. The minimum Gasteiger partial charge on any atom is -0.410 e. The monoisotopic (exact) mass is 1090 g/mol. The van der Waals surface area contributed by atoms with Gasteiger partial charge in [-0.15, -0.1) is 21.5 Å². The van der Waals surface area contributed by atoms with E-state index in [-0.39, 0.29) is 43.9 Å². The predicted molar refractivity (Wildman–Crippen MR) is 304 cm³/mol. The van der Waals surface area contributed by atoms with Crippen LogP contribution in [0.2, 0.25) is 0 Å². The standard InChI is InChI=1S/C62H83N7O8S/c1-3-5-7-9-11-13-15-17-19-21-35-66-60(72)53-28-23-26-51(40-53)46-68(45-50-33-31-49(44-63)32-34-50)77-62(74)55(42-58(70)75-56-30-25-37-64-56)43-59(71)76-69(48-57-65-38-39-78-57)47-52-27-24-29-54(41-52)61(73)67-36-22-20-18-16-14-12-10-8-6-4-2/h23-34,37-41,55,64H,3-22,35-36,42-43,45-48H2,1-2H3,(H,66,72)(H,67,73). The van der Waals surface area contributed by atoms with E-state index in [0.29, 0.717) is 51.5 Å². The number of esters is 1. The van der Waals surface area contributed by atoms with Crippen LogP contribution in [0, 0.1) is 17.2 Å². The number of benzene rings is 3. The molecule has 0 aliphatic rings. The smallest absolute Gasteiger partial charge is 0.329 e. The summed E-state index contributed by atoms with van der Waals surface area (Å²) in [5, 5.41) is 20.8. The molecule has 0 bridgehead atoms. The maximum atomic E-state index is 14.4. The summed E-state index contributed by atoms with van der Waals surface area (Å²) in [6.45, 7) is 5.90. The van der Waals surface area contributed by atoms with Crippen LogP contribution in [0.15, 0.2) is 103 Å². The largest absolute Gasteiger partial charge is 0.410 e. The highest BCUT2D eigenvalue weighted by atomic mass is 32.1. The van der Waals surface area contributed by atoms with Crippen molar-refractivity contribution in [1.82, 2.24) is 30.7 Å². The van der Waals surface area contributed by atoms with E-state index in [0.717, 1.165) is 38.5 Å². The van der Waals surface area contributed by atoms with Crippen LogP contribution in [-0.4, -0.2) is 62.9 Å². The van der Waals surface area contributed by atoms with Crippen LogP contribution < -0.4 is 15.4 Å². The molecule has 5 rings (SSSR count). The van der Waals surface area contributed by atoms with E-state index in [1.54, 1.807) is 85.2 Å². The lowest BCUT2D eigenvalue weighted by Gasteiger charge is -2.25. The van der Waals surface area contributed by atoms with Gasteiger partial charge in [-0.05, 0) is 72.0 Å². The lowest BCUT2D eigenvalue weighted by atomic mass is 10.0. The Morgan fingerprint density at radius 2 is 1.09 bits per heavy atom. The number of amides is 2. The summed E-state index contributed by atoms with van der Waals surface area (Å²) >= 11 is 1.38. The third-order valence-corrected chi connectivity index (χ3v) is 14.1. The number of carbonyl (C=O) groups excluding carboxylic acids is 5. The zero-order valence-electron chi connectivity index (χ0n) is 46.2. The molecule has 78 heavy (non-hydrogen) atoms. The van der Waals surface area contributed by atoms with Crippen molar-refractivity contribution < 1.29 is 38.4 Å². The fourth-order valence-corrected chi connectivity index (χ4v) is 9.66. The van der Waals surface area contributed by atoms with E-state index >= 15 is 0 Å². The third-order valence-electron chi connectivity index (χ3n) is 13.4. The Morgan fingerprint density at radius 1 is 0.590 bits per heavy atom. The van der Waals surface area contributed by atoms with Crippen molar-refractivity contribution in [2.24, 2.45) is 5.92 Å². The Morgan fingerprint density at radius 3 is 1.58 bits per heavy atom. The molecule has 1 unspecified atom stereocenters. The van der Waals surface area contributed by atoms with E-state index in [2.05, 4.69) is 40.5 Å². The van der Waals surface area contributed by atoms with Crippen LogP contribution in [0.5, 0.6) is 5.88 Å². The fraction of sp³-hybridized carbons (Fsp3) is 0.500. The minimum atomic E-state index is -1.37. The van der Waals surface area contributed by atoms with Gasteiger partial charge in [-0.1, -0.05) is 166 Å². The van der Waals surface area contributed by atoms with Crippen LogP contribution in [0.25, 0.3) is 0 Å². The van der Waals surface area contributed by atoms with Crippen LogP contribution >= 0.6 is 11.3 Å². The summed E-state index contributed by atoms with van der Waals surface area (Å²) in [5.74, 6) is -4.10. The Labute approximate surface area is 466 Å².